The highest BCUT2D eigenvalue weighted by molar-refractivity contribution is 4.78. The lowest BCUT2D eigenvalue weighted by Crippen LogP contribution is -2.40. The molecule has 1 rings (SSSR count). The fourth-order valence-electron chi connectivity index (χ4n) is 1.33. The standard InChI is InChI=1S/C7H12F3NO2/c8-7(9,10)6(13)4-11-2-1-5(12)3-11/h5-6,12-13H,1-4H2. The van der Waals surface area contributed by atoms with Crippen LogP contribution in [0.15, 0.2) is 0 Å². The zero-order valence-electron chi connectivity index (χ0n) is 6.96. The van der Waals surface area contributed by atoms with E-state index in [1.54, 1.807) is 0 Å². The molecule has 0 aromatic heterocycles. The van der Waals surface area contributed by atoms with Gasteiger partial charge in [-0.25, -0.2) is 0 Å². The van der Waals surface area contributed by atoms with Gasteiger partial charge in [0.15, 0.2) is 6.10 Å². The third-order valence-corrected chi connectivity index (χ3v) is 2.06. The summed E-state index contributed by atoms with van der Waals surface area (Å²) in [5, 5.41) is 17.7. The van der Waals surface area contributed by atoms with Gasteiger partial charge in [0.2, 0.25) is 0 Å². The smallest absolute Gasteiger partial charge is 0.392 e. The van der Waals surface area contributed by atoms with Crippen molar-refractivity contribution in [1.82, 2.24) is 4.90 Å². The van der Waals surface area contributed by atoms with E-state index in [0.717, 1.165) is 0 Å². The van der Waals surface area contributed by atoms with Crippen LogP contribution in [0.1, 0.15) is 6.42 Å². The van der Waals surface area contributed by atoms with E-state index in [2.05, 4.69) is 0 Å². The summed E-state index contributed by atoms with van der Waals surface area (Å²) in [4.78, 5) is 1.41. The van der Waals surface area contributed by atoms with Crippen molar-refractivity contribution in [3.63, 3.8) is 0 Å². The first kappa shape index (κ1) is 10.7. The summed E-state index contributed by atoms with van der Waals surface area (Å²) in [7, 11) is 0. The maximum atomic E-state index is 11.9. The van der Waals surface area contributed by atoms with Crippen LogP contribution < -0.4 is 0 Å². The Bertz CT molecular complexity index is 174. The molecule has 0 aromatic carbocycles. The van der Waals surface area contributed by atoms with Crippen LogP contribution in [0.4, 0.5) is 13.2 Å². The maximum Gasteiger partial charge on any atom is 0.415 e. The average Bonchev–Trinajstić information content (AvgIpc) is 2.33. The average molecular weight is 199 g/mol. The monoisotopic (exact) mass is 199 g/mol. The zero-order valence-corrected chi connectivity index (χ0v) is 6.96. The Morgan fingerprint density at radius 3 is 2.46 bits per heavy atom. The number of hydrogen-bond acceptors (Lipinski definition) is 3. The van der Waals surface area contributed by atoms with Crippen LogP contribution in [0.2, 0.25) is 0 Å². The molecule has 6 heteroatoms. The minimum absolute atomic E-state index is 0.215. The van der Waals surface area contributed by atoms with E-state index in [9.17, 15) is 13.2 Å². The molecule has 1 heterocycles. The van der Waals surface area contributed by atoms with Gasteiger partial charge < -0.3 is 10.2 Å². The molecule has 0 aromatic rings. The third-order valence-electron chi connectivity index (χ3n) is 2.06. The Morgan fingerprint density at radius 1 is 1.46 bits per heavy atom. The van der Waals surface area contributed by atoms with Gasteiger partial charge in [-0.1, -0.05) is 0 Å². The second kappa shape index (κ2) is 3.81. The second-order valence-electron chi connectivity index (χ2n) is 3.26. The van der Waals surface area contributed by atoms with Gasteiger partial charge >= 0.3 is 6.18 Å². The number of halogens is 3. The van der Waals surface area contributed by atoms with Gasteiger partial charge in [-0.15, -0.1) is 0 Å². The van der Waals surface area contributed by atoms with Gasteiger partial charge in [-0.05, 0) is 6.42 Å². The molecule has 0 aliphatic carbocycles. The first-order chi connectivity index (χ1) is 5.89. The van der Waals surface area contributed by atoms with Crippen LogP contribution in [-0.2, 0) is 0 Å². The molecular weight excluding hydrogens is 187 g/mol. The highest BCUT2D eigenvalue weighted by Gasteiger charge is 2.39. The lowest BCUT2D eigenvalue weighted by molar-refractivity contribution is -0.207. The number of alkyl halides is 3. The van der Waals surface area contributed by atoms with E-state index in [4.69, 9.17) is 10.2 Å². The summed E-state index contributed by atoms with van der Waals surface area (Å²) in [5.41, 5.74) is 0. The van der Waals surface area contributed by atoms with Gasteiger partial charge in [-0.2, -0.15) is 13.2 Å². The van der Waals surface area contributed by atoms with E-state index in [0.29, 0.717) is 13.0 Å². The number of β-amino-alcohol motifs (C(OH)–C–C–N with tert-alkyl or cyclic N) is 2. The molecule has 2 N–H and O–H groups in total. The molecule has 2 unspecified atom stereocenters. The van der Waals surface area contributed by atoms with Crippen LogP contribution in [0, 0.1) is 0 Å². The summed E-state index contributed by atoms with van der Waals surface area (Å²) in [6.45, 7) is 0.183. The van der Waals surface area contributed by atoms with E-state index in [1.165, 1.54) is 4.90 Å². The lowest BCUT2D eigenvalue weighted by Gasteiger charge is -2.21. The van der Waals surface area contributed by atoms with Crippen molar-refractivity contribution in [1.29, 1.82) is 0 Å². The van der Waals surface area contributed by atoms with Crippen LogP contribution >= 0.6 is 0 Å². The van der Waals surface area contributed by atoms with Gasteiger partial charge in [0.05, 0.1) is 6.10 Å². The molecule has 0 spiro atoms. The minimum atomic E-state index is -4.56. The highest BCUT2D eigenvalue weighted by Crippen LogP contribution is 2.21. The van der Waals surface area contributed by atoms with Gasteiger partial charge in [0.25, 0.3) is 0 Å². The molecule has 1 aliphatic rings. The van der Waals surface area contributed by atoms with Crippen molar-refractivity contribution in [3.8, 4) is 0 Å². The summed E-state index contributed by atoms with van der Waals surface area (Å²) >= 11 is 0. The predicted octanol–water partition coefficient (Wildman–Crippen LogP) is -0.0238. The summed E-state index contributed by atoms with van der Waals surface area (Å²) in [5.74, 6) is 0. The quantitative estimate of drug-likeness (QED) is 0.656. The molecule has 0 radical (unpaired) electrons. The molecule has 78 valence electrons. The van der Waals surface area contributed by atoms with Crippen molar-refractivity contribution < 1.29 is 23.4 Å². The second-order valence-corrected chi connectivity index (χ2v) is 3.26. The number of aliphatic hydroxyl groups excluding tert-OH is 2. The fraction of sp³-hybridized carbons (Fsp3) is 1.00. The number of likely N-dealkylation sites (tertiary alicyclic amines) is 1. The number of hydrogen-bond donors (Lipinski definition) is 2. The summed E-state index contributed by atoms with van der Waals surface area (Å²) < 4.78 is 35.6. The SMILES string of the molecule is OC1CCN(CC(O)C(F)(F)F)C1. The number of rotatable bonds is 2. The van der Waals surface area contributed by atoms with Crippen molar-refractivity contribution in [2.24, 2.45) is 0 Å². The molecule has 0 amide bonds. The molecule has 1 saturated heterocycles. The van der Waals surface area contributed by atoms with Crippen molar-refractivity contribution >= 4 is 0 Å². The summed E-state index contributed by atoms with van der Waals surface area (Å²) in [6.07, 6.45) is -6.95. The zero-order chi connectivity index (χ0) is 10.1. The van der Waals surface area contributed by atoms with E-state index < -0.39 is 24.9 Å². The Labute approximate surface area is 73.8 Å². The maximum absolute atomic E-state index is 11.9. The summed E-state index contributed by atoms with van der Waals surface area (Å²) in [6, 6.07) is 0. The number of aliphatic hydroxyl groups is 2. The van der Waals surface area contributed by atoms with Crippen LogP contribution in [0.3, 0.4) is 0 Å². The molecule has 13 heavy (non-hydrogen) atoms. The first-order valence-electron chi connectivity index (χ1n) is 4.05. The molecule has 1 aliphatic heterocycles. The van der Waals surface area contributed by atoms with E-state index in [-0.39, 0.29) is 6.54 Å². The Balaban J connectivity index is 2.33. The largest absolute Gasteiger partial charge is 0.415 e. The molecule has 1 fully saturated rings. The Kier molecular flexibility index (Phi) is 3.15. The minimum Gasteiger partial charge on any atom is -0.392 e. The van der Waals surface area contributed by atoms with Gasteiger partial charge in [0, 0.05) is 19.6 Å². The lowest BCUT2D eigenvalue weighted by atomic mass is 10.3. The topological polar surface area (TPSA) is 43.7 Å². The molecule has 0 saturated carbocycles. The molecule has 3 nitrogen and oxygen atoms in total. The Morgan fingerprint density at radius 2 is 2.08 bits per heavy atom. The van der Waals surface area contributed by atoms with E-state index in [1.807, 2.05) is 0 Å². The fourth-order valence-corrected chi connectivity index (χ4v) is 1.33. The normalized spacial score (nSPS) is 27.9. The van der Waals surface area contributed by atoms with Crippen LogP contribution in [-0.4, -0.2) is 53.1 Å². The third kappa shape index (κ3) is 3.13. The first-order valence-corrected chi connectivity index (χ1v) is 4.05. The van der Waals surface area contributed by atoms with E-state index >= 15 is 0 Å². The van der Waals surface area contributed by atoms with Crippen molar-refractivity contribution in [2.45, 2.75) is 24.8 Å². The Hall–Kier alpha value is -0.330. The van der Waals surface area contributed by atoms with Crippen LogP contribution in [0.25, 0.3) is 0 Å². The molecule has 2 atom stereocenters. The molecule has 0 bridgehead atoms. The van der Waals surface area contributed by atoms with Gasteiger partial charge in [-0.3, -0.25) is 4.90 Å². The van der Waals surface area contributed by atoms with Gasteiger partial charge in [0.1, 0.15) is 0 Å². The van der Waals surface area contributed by atoms with Crippen molar-refractivity contribution in [3.05, 3.63) is 0 Å². The van der Waals surface area contributed by atoms with Crippen LogP contribution in [0.5, 0.6) is 0 Å². The van der Waals surface area contributed by atoms with Crippen molar-refractivity contribution in [2.75, 3.05) is 19.6 Å². The number of nitrogens with zero attached hydrogens (tertiary/aromatic N) is 1. The molecular formula is C7H12F3NO2. The predicted molar refractivity (Wildman–Crippen MR) is 39.1 cm³/mol. The highest BCUT2D eigenvalue weighted by atomic mass is 19.4.